The molecule has 0 unspecified atom stereocenters. The lowest BCUT2D eigenvalue weighted by atomic mass is 10.1. The molecule has 6 nitrogen and oxygen atoms in total. The first-order chi connectivity index (χ1) is 8.78. The molecule has 0 bridgehead atoms. The topological polar surface area (TPSA) is 74.2 Å². The van der Waals surface area contributed by atoms with Crippen molar-refractivity contribution in [1.29, 1.82) is 0 Å². The molecule has 2 aromatic rings. The van der Waals surface area contributed by atoms with Crippen molar-refractivity contribution in [2.24, 2.45) is 0 Å². The quantitative estimate of drug-likeness (QED) is 0.829. The number of oxazole rings is 1. The molecule has 1 atom stereocenters. The fraction of sp³-hybridized carbons (Fsp3) is 0.583. The smallest absolute Gasteiger partial charge is 0.295 e. The Morgan fingerprint density at radius 2 is 2.22 bits per heavy atom. The van der Waals surface area contributed by atoms with E-state index in [0.717, 1.165) is 25.1 Å². The van der Waals surface area contributed by atoms with Crippen LogP contribution in [0.25, 0.3) is 11.7 Å². The molecule has 0 spiro atoms. The van der Waals surface area contributed by atoms with Gasteiger partial charge in [0.05, 0.1) is 12.3 Å². The number of hydrogen-bond acceptors (Lipinski definition) is 6. The molecule has 1 aliphatic rings. The number of aryl methyl sites for hydroxylation is 2. The van der Waals surface area contributed by atoms with Gasteiger partial charge in [-0.05, 0) is 13.3 Å². The molecule has 1 aliphatic heterocycles. The van der Waals surface area contributed by atoms with Crippen LogP contribution in [0.15, 0.2) is 8.94 Å². The van der Waals surface area contributed by atoms with Crippen molar-refractivity contribution in [2.45, 2.75) is 32.6 Å². The molecule has 0 amide bonds. The van der Waals surface area contributed by atoms with Gasteiger partial charge in [-0.2, -0.15) is 4.98 Å². The van der Waals surface area contributed by atoms with Gasteiger partial charge in [0.25, 0.3) is 5.89 Å². The van der Waals surface area contributed by atoms with Gasteiger partial charge in [0.2, 0.25) is 5.76 Å². The number of nitrogens with zero attached hydrogens (tertiary/aromatic N) is 3. The van der Waals surface area contributed by atoms with Crippen molar-refractivity contribution in [3.05, 3.63) is 17.4 Å². The van der Waals surface area contributed by atoms with Crippen LogP contribution >= 0.6 is 0 Å². The number of ether oxygens (including phenoxy) is 1. The summed E-state index contributed by atoms with van der Waals surface area (Å²) in [6.45, 7) is 5.29. The molecular formula is C12H15N3O3. The maximum Gasteiger partial charge on any atom is 0.295 e. The third kappa shape index (κ3) is 1.92. The molecule has 1 saturated heterocycles. The van der Waals surface area contributed by atoms with E-state index in [2.05, 4.69) is 15.1 Å². The van der Waals surface area contributed by atoms with Crippen molar-refractivity contribution >= 4 is 0 Å². The van der Waals surface area contributed by atoms with Crippen LogP contribution < -0.4 is 0 Å². The second kappa shape index (κ2) is 4.53. The first-order valence-corrected chi connectivity index (χ1v) is 6.16. The SMILES string of the molecule is CCc1nc(C)c(-c2nc([C@@H]3CCOC3)no2)o1. The lowest BCUT2D eigenvalue weighted by Crippen LogP contribution is -1.99. The zero-order valence-electron chi connectivity index (χ0n) is 10.5. The van der Waals surface area contributed by atoms with Crippen LogP contribution in [0.3, 0.4) is 0 Å². The summed E-state index contributed by atoms with van der Waals surface area (Å²) in [4.78, 5) is 8.67. The predicted molar refractivity (Wildman–Crippen MR) is 62.1 cm³/mol. The van der Waals surface area contributed by atoms with Crippen LogP contribution in [0.4, 0.5) is 0 Å². The standard InChI is InChI=1S/C12H15N3O3/c1-3-9-13-7(2)10(17-9)12-14-11(15-18-12)8-4-5-16-6-8/h8H,3-6H2,1-2H3/t8-/m1/s1. The van der Waals surface area contributed by atoms with Gasteiger partial charge in [-0.3, -0.25) is 0 Å². The fourth-order valence-electron chi connectivity index (χ4n) is 2.03. The molecule has 3 rings (SSSR count). The van der Waals surface area contributed by atoms with E-state index in [9.17, 15) is 0 Å². The molecule has 0 radical (unpaired) electrons. The van der Waals surface area contributed by atoms with E-state index in [0.29, 0.717) is 30.0 Å². The Morgan fingerprint density at radius 1 is 1.33 bits per heavy atom. The Balaban J connectivity index is 1.89. The van der Waals surface area contributed by atoms with Crippen molar-refractivity contribution in [2.75, 3.05) is 13.2 Å². The highest BCUT2D eigenvalue weighted by atomic mass is 16.5. The van der Waals surface area contributed by atoms with E-state index in [1.165, 1.54) is 0 Å². The summed E-state index contributed by atoms with van der Waals surface area (Å²) in [5.74, 6) is 2.59. The van der Waals surface area contributed by atoms with E-state index in [4.69, 9.17) is 13.7 Å². The Morgan fingerprint density at radius 3 is 2.89 bits per heavy atom. The summed E-state index contributed by atoms with van der Waals surface area (Å²) in [5, 5.41) is 4.00. The van der Waals surface area contributed by atoms with Crippen LogP contribution in [0, 0.1) is 6.92 Å². The van der Waals surface area contributed by atoms with Gasteiger partial charge in [-0.15, -0.1) is 0 Å². The molecular weight excluding hydrogens is 234 g/mol. The third-order valence-electron chi connectivity index (χ3n) is 3.07. The van der Waals surface area contributed by atoms with Crippen molar-refractivity contribution < 1.29 is 13.7 Å². The summed E-state index contributed by atoms with van der Waals surface area (Å²) < 4.78 is 16.2. The summed E-state index contributed by atoms with van der Waals surface area (Å²) in [6, 6.07) is 0. The highest BCUT2D eigenvalue weighted by Gasteiger charge is 2.25. The fourth-order valence-corrected chi connectivity index (χ4v) is 2.03. The van der Waals surface area contributed by atoms with Crippen molar-refractivity contribution in [1.82, 2.24) is 15.1 Å². The minimum absolute atomic E-state index is 0.233. The number of rotatable bonds is 3. The monoisotopic (exact) mass is 249 g/mol. The zero-order valence-corrected chi connectivity index (χ0v) is 10.5. The summed E-state index contributed by atoms with van der Waals surface area (Å²) in [7, 11) is 0. The van der Waals surface area contributed by atoms with E-state index < -0.39 is 0 Å². The highest BCUT2D eigenvalue weighted by molar-refractivity contribution is 5.47. The van der Waals surface area contributed by atoms with Crippen molar-refractivity contribution in [3.63, 3.8) is 0 Å². The zero-order chi connectivity index (χ0) is 12.5. The molecule has 0 aliphatic carbocycles. The van der Waals surface area contributed by atoms with Gasteiger partial charge < -0.3 is 13.7 Å². The van der Waals surface area contributed by atoms with Gasteiger partial charge >= 0.3 is 0 Å². The highest BCUT2D eigenvalue weighted by Crippen LogP contribution is 2.27. The molecule has 0 aromatic carbocycles. The van der Waals surface area contributed by atoms with Crippen LogP contribution in [0.5, 0.6) is 0 Å². The van der Waals surface area contributed by atoms with E-state index in [1.807, 2.05) is 13.8 Å². The largest absolute Gasteiger partial charge is 0.435 e. The lowest BCUT2D eigenvalue weighted by Gasteiger charge is -1.97. The maximum absolute atomic E-state index is 5.59. The van der Waals surface area contributed by atoms with Crippen LogP contribution in [0.1, 0.15) is 36.7 Å². The molecule has 96 valence electrons. The summed E-state index contributed by atoms with van der Waals surface area (Å²) in [6.07, 6.45) is 1.69. The Labute approximate surface area is 104 Å². The average Bonchev–Trinajstić information content (AvgIpc) is 3.08. The van der Waals surface area contributed by atoms with Gasteiger partial charge in [0.15, 0.2) is 11.7 Å². The van der Waals surface area contributed by atoms with E-state index in [-0.39, 0.29) is 5.92 Å². The molecule has 1 fully saturated rings. The van der Waals surface area contributed by atoms with Gasteiger partial charge in [0, 0.05) is 18.9 Å². The Kier molecular flexibility index (Phi) is 2.87. The van der Waals surface area contributed by atoms with Gasteiger partial charge in [-0.25, -0.2) is 4.98 Å². The van der Waals surface area contributed by atoms with E-state index in [1.54, 1.807) is 0 Å². The van der Waals surface area contributed by atoms with E-state index >= 15 is 0 Å². The molecule has 0 saturated carbocycles. The van der Waals surface area contributed by atoms with Gasteiger partial charge in [-0.1, -0.05) is 12.1 Å². The normalized spacial score (nSPS) is 19.6. The van der Waals surface area contributed by atoms with Crippen LogP contribution in [0.2, 0.25) is 0 Å². The summed E-state index contributed by atoms with van der Waals surface area (Å²) in [5.41, 5.74) is 0.782. The predicted octanol–water partition coefficient (Wildman–Crippen LogP) is 2.10. The second-order valence-corrected chi connectivity index (χ2v) is 4.39. The lowest BCUT2D eigenvalue weighted by molar-refractivity contribution is 0.192. The Hall–Kier alpha value is -1.69. The molecule has 2 aromatic heterocycles. The van der Waals surface area contributed by atoms with Crippen LogP contribution in [-0.2, 0) is 11.2 Å². The minimum atomic E-state index is 0.233. The first-order valence-electron chi connectivity index (χ1n) is 6.16. The molecule has 18 heavy (non-hydrogen) atoms. The maximum atomic E-state index is 5.59. The number of aromatic nitrogens is 3. The van der Waals surface area contributed by atoms with Crippen molar-refractivity contribution in [3.8, 4) is 11.7 Å². The Bertz CT molecular complexity index is 541. The molecule has 3 heterocycles. The van der Waals surface area contributed by atoms with Crippen LogP contribution in [-0.4, -0.2) is 28.3 Å². The third-order valence-corrected chi connectivity index (χ3v) is 3.07. The number of hydrogen-bond donors (Lipinski definition) is 0. The second-order valence-electron chi connectivity index (χ2n) is 4.39. The minimum Gasteiger partial charge on any atom is -0.435 e. The molecule has 6 heteroatoms. The first kappa shape index (κ1) is 11.4. The average molecular weight is 249 g/mol. The van der Waals surface area contributed by atoms with Gasteiger partial charge in [0.1, 0.15) is 0 Å². The molecule has 0 N–H and O–H groups in total. The summed E-state index contributed by atoms with van der Waals surface area (Å²) >= 11 is 0.